The van der Waals surface area contributed by atoms with Crippen molar-refractivity contribution >= 4 is 38.0 Å². The van der Waals surface area contributed by atoms with Crippen LogP contribution in [0.15, 0.2) is 24.4 Å². The molecule has 21 heavy (non-hydrogen) atoms. The third-order valence-corrected chi connectivity index (χ3v) is 5.55. The third-order valence-electron chi connectivity index (χ3n) is 3.37. The van der Waals surface area contributed by atoms with Crippen molar-refractivity contribution in [3.63, 3.8) is 0 Å². The molecule has 0 aliphatic heterocycles. The summed E-state index contributed by atoms with van der Waals surface area (Å²) in [5, 5.41) is 4.70. The number of hydrogen-bond donors (Lipinski definition) is 1. The van der Waals surface area contributed by atoms with Gasteiger partial charge in [0.15, 0.2) is 9.84 Å². The molecule has 1 aromatic heterocycles. The number of rotatable bonds is 5. The fourth-order valence-electron chi connectivity index (χ4n) is 2.31. The maximum absolute atomic E-state index is 11.7. The molecule has 6 heteroatoms. The lowest BCUT2D eigenvalue weighted by atomic mass is 10.1. The summed E-state index contributed by atoms with van der Waals surface area (Å²) in [5.74, 6) is 0.221. The van der Waals surface area contributed by atoms with Gasteiger partial charge in [-0.05, 0) is 37.6 Å². The molecule has 1 unspecified atom stereocenters. The number of aryl methyl sites for hydroxylation is 1. The Labute approximate surface area is 130 Å². The first-order valence-electron chi connectivity index (χ1n) is 6.85. The Morgan fingerprint density at radius 3 is 2.81 bits per heavy atom. The Bertz CT molecular complexity index is 760. The van der Waals surface area contributed by atoms with Gasteiger partial charge in [-0.2, -0.15) is 0 Å². The Morgan fingerprint density at radius 2 is 2.14 bits per heavy atom. The normalized spacial score (nSPS) is 13.3. The van der Waals surface area contributed by atoms with Crippen molar-refractivity contribution in [2.24, 2.45) is 0 Å². The van der Waals surface area contributed by atoms with Crippen LogP contribution in [0.5, 0.6) is 0 Å². The number of anilines is 1. The summed E-state index contributed by atoms with van der Waals surface area (Å²) in [6.07, 6.45) is 1.73. The number of aromatic nitrogens is 1. The van der Waals surface area contributed by atoms with E-state index >= 15 is 0 Å². The lowest BCUT2D eigenvalue weighted by Crippen LogP contribution is -2.27. The number of hydrogen-bond acceptors (Lipinski definition) is 4. The maximum Gasteiger partial charge on any atom is 0.152 e. The molecule has 0 aliphatic rings. The Morgan fingerprint density at radius 1 is 1.43 bits per heavy atom. The van der Waals surface area contributed by atoms with Crippen LogP contribution in [0.25, 0.3) is 10.9 Å². The molecule has 1 N–H and O–H groups in total. The van der Waals surface area contributed by atoms with Gasteiger partial charge in [0.05, 0.1) is 22.0 Å². The molecule has 0 spiro atoms. The van der Waals surface area contributed by atoms with Gasteiger partial charge < -0.3 is 5.32 Å². The van der Waals surface area contributed by atoms with Crippen molar-refractivity contribution in [2.45, 2.75) is 26.8 Å². The van der Waals surface area contributed by atoms with Crippen LogP contribution in [0, 0.1) is 6.92 Å². The zero-order valence-electron chi connectivity index (χ0n) is 12.4. The number of fused-ring (bicyclic) bond motifs is 1. The van der Waals surface area contributed by atoms with E-state index in [1.54, 1.807) is 13.1 Å². The van der Waals surface area contributed by atoms with E-state index in [0.717, 1.165) is 22.2 Å². The van der Waals surface area contributed by atoms with E-state index in [0.29, 0.717) is 5.02 Å². The standard InChI is InChI=1S/C15H19ClN2O2S/c1-4-21(19,20)9-11(3)18-15-12-6-5-7-17-14(12)10(2)8-13(15)16/h5-8,11,18H,4,9H2,1-3H3. The first-order valence-corrected chi connectivity index (χ1v) is 9.04. The van der Waals surface area contributed by atoms with Crippen LogP contribution in [-0.4, -0.2) is 30.9 Å². The smallest absolute Gasteiger partial charge is 0.152 e. The summed E-state index contributed by atoms with van der Waals surface area (Å²) >= 11 is 6.32. The maximum atomic E-state index is 11.7. The predicted molar refractivity (Wildman–Crippen MR) is 88.9 cm³/mol. The van der Waals surface area contributed by atoms with Gasteiger partial charge in [0, 0.05) is 23.4 Å². The van der Waals surface area contributed by atoms with E-state index in [4.69, 9.17) is 11.6 Å². The van der Waals surface area contributed by atoms with Crippen molar-refractivity contribution < 1.29 is 8.42 Å². The predicted octanol–water partition coefficient (Wildman–Crippen LogP) is 3.43. The molecular weight excluding hydrogens is 308 g/mol. The van der Waals surface area contributed by atoms with Crippen molar-refractivity contribution in [3.8, 4) is 0 Å². The number of nitrogens with one attached hydrogen (secondary N) is 1. The van der Waals surface area contributed by atoms with E-state index in [1.165, 1.54) is 0 Å². The number of halogens is 1. The minimum atomic E-state index is -3.03. The highest BCUT2D eigenvalue weighted by molar-refractivity contribution is 7.91. The largest absolute Gasteiger partial charge is 0.380 e. The second-order valence-corrected chi connectivity index (χ2v) is 8.00. The molecule has 1 heterocycles. The van der Waals surface area contributed by atoms with Gasteiger partial charge in [-0.1, -0.05) is 18.5 Å². The van der Waals surface area contributed by atoms with Gasteiger partial charge in [-0.3, -0.25) is 4.98 Å². The van der Waals surface area contributed by atoms with E-state index in [2.05, 4.69) is 10.3 Å². The molecule has 2 rings (SSSR count). The van der Waals surface area contributed by atoms with Crippen LogP contribution in [-0.2, 0) is 9.84 Å². The van der Waals surface area contributed by atoms with Crippen LogP contribution in [0.2, 0.25) is 5.02 Å². The molecule has 1 atom stereocenters. The van der Waals surface area contributed by atoms with Gasteiger partial charge in [-0.25, -0.2) is 8.42 Å². The van der Waals surface area contributed by atoms with Gasteiger partial charge in [-0.15, -0.1) is 0 Å². The fourth-order valence-corrected chi connectivity index (χ4v) is 3.71. The SMILES string of the molecule is CCS(=O)(=O)CC(C)Nc1c(Cl)cc(C)c2ncccc12. The molecule has 0 aliphatic carbocycles. The number of pyridine rings is 1. The highest BCUT2D eigenvalue weighted by Crippen LogP contribution is 2.33. The average Bonchev–Trinajstić information content (AvgIpc) is 2.43. The van der Waals surface area contributed by atoms with Gasteiger partial charge >= 0.3 is 0 Å². The summed E-state index contributed by atoms with van der Waals surface area (Å²) in [4.78, 5) is 4.36. The first-order chi connectivity index (χ1) is 9.84. The summed E-state index contributed by atoms with van der Waals surface area (Å²) < 4.78 is 23.4. The number of sulfone groups is 1. The summed E-state index contributed by atoms with van der Waals surface area (Å²) in [6.45, 7) is 5.45. The summed E-state index contributed by atoms with van der Waals surface area (Å²) in [7, 11) is -3.03. The number of nitrogens with zero attached hydrogens (tertiary/aromatic N) is 1. The van der Waals surface area contributed by atoms with Crippen molar-refractivity contribution in [1.82, 2.24) is 4.98 Å². The van der Waals surface area contributed by atoms with Gasteiger partial charge in [0.1, 0.15) is 0 Å². The fraction of sp³-hybridized carbons (Fsp3) is 0.400. The van der Waals surface area contributed by atoms with Gasteiger partial charge in [0.25, 0.3) is 0 Å². The number of benzene rings is 1. The zero-order chi connectivity index (χ0) is 15.6. The average molecular weight is 327 g/mol. The molecule has 2 aromatic rings. The van der Waals surface area contributed by atoms with Crippen LogP contribution in [0.3, 0.4) is 0 Å². The molecular formula is C15H19ClN2O2S. The molecule has 0 amide bonds. The minimum absolute atomic E-state index is 0.0788. The quantitative estimate of drug-likeness (QED) is 0.914. The molecule has 1 aromatic carbocycles. The second-order valence-electron chi connectivity index (χ2n) is 5.19. The molecule has 0 saturated heterocycles. The first kappa shape index (κ1) is 16.0. The van der Waals surface area contributed by atoms with Crippen molar-refractivity contribution in [2.75, 3.05) is 16.8 Å². The lowest BCUT2D eigenvalue weighted by Gasteiger charge is -2.18. The van der Waals surface area contributed by atoms with E-state index in [1.807, 2.05) is 32.0 Å². The van der Waals surface area contributed by atoms with Crippen LogP contribution < -0.4 is 5.32 Å². The molecule has 4 nitrogen and oxygen atoms in total. The lowest BCUT2D eigenvalue weighted by molar-refractivity contribution is 0.593. The molecule has 0 bridgehead atoms. The highest BCUT2D eigenvalue weighted by Gasteiger charge is 2.16. The van der Waals surface area contributed by atoms with E-state index in [-0.39, 0.29) is 17.5 Å². The van der Waals surface area contributed by atoms with E-state index < -0.39 is 9.84 Å². The Hall–Kier alpha value is -1.33. The van der Waals surface area contributed by atoms with Crippen LogP contribution in [0.4, 0.5) is 5.69 Å². The second kappa shape index (κ2) is 6.20. The van der Waals surface area contributed by atoms with E-state index in [9.17, 15) is 8.42 Å². The van der Waals surface area contributed by atoms with Crippen molar-refractivity contribution in [1.29, 1.82) is 0 Å². The van der Waals surface area contributed by atoms with Gasteiger partial charge in [0.2, 0.25) is 0 Å². The molecule has 114 valence electrons. The molecule has 0 radical (unpaired) electrons. The zero-order valence-corrected chi connectivity index (χ0v) is 13.9. The summed E-state index contributed by atoms with van der Waals surface area (Å²) in [6, 6.07) is 5.40. The Balaban J connectivity index is 2.39. The van der Waals surface area contributed by atoms with Crippen LogP contribution in [0.1, 0.15) is 19.4 Å². The molecule has 0 saturated carbocycles. The minimum Gasteiger partial charge on any atom is -0.380 e. The van der Waals surface area contributed by atoms with Crippen molar-refractivity contribution in [3.05, 3.63) is 35.0 Å². The van der Waals surface area contributed by atoms with Crippen LogP contribution >= 0.6 is 11.6 Å². The summed E-state index contributed by atoms with van der Waals surface area (Å²) in [5.41, 5.74) is 2.61. The highest BCUT2D eigenvalue weighted by atomic mass is 35.5. The third kappa shape index (κ3) is 3.66. The molecule has 0 fully saturated rings. The monoisotopic (exact) mass is 326 g/mol. The topological polar surface area (TPSA) is 59.1 Å². The Kier molecular flexibility index (Phi) is 4.74.